The molecule has 0 aliphatic heterocycles. The lowest BCUT2D eigenvalue weighted by Gasteiger charge is -2.03. The number of aromatic nitrogens is 3. The van der Waals surface area contributed by atoms with Crippen LogP contribution < -0.4 is 0 Å². The van der Waals surface area contributed by atoms with Gasteiger partial charge in [-0.2, -0.15) is 5.10 Å². The van der Waals surface area contributed by atoms with Crippen LogP contribution in [0.4, 0.5) is 0 Å². The average Bonchev–Trinajstić information content (AvgIpc) is 2.90. The van der Waals surface area contributed by atoms with Crippen molar-refractivity contribution in [2.75, 3.05) is 0 Å². The molecule has 0 unspecified atom stereocenters. The lowest BCUT2D eigenvalue weighted by molar-refractivity contribution is 1.10. The fourth-order valence-electron chi connectivity index (χ4n) is 1.84. The Morgan fingerprint density at radius 1 is 1.00 bits per heavy atom. The highest BCUT2D eigenvalue weighted by Gasteiger charge is 2.10. The Morgan fingerprint density at radius 2 is 1.83 bits per heavy atom. The van der Waals surface area contributed by atoms with Crippen molar-refractivity contribution in [3.63, 3.8) is 0 Å². The number of nitrogens with zero attached hydrogens (tertiary/aromatic N) is 2. The second kappa shape index (κ2) is 4.89. The molecule has 3 rings (SSSR count). The molecule has 2 heterocycles. The van der Waals surface area contributed by atoms with Crippen LogP contribution in [-0.4, -0.2) is 15.2 Å². The van der Waals surface area contributed by atoms with E-state index in [-0.39, 0.29) is 0 Å². The van der Waals surface area contributed by atoms with Gasteiger partial charge in [-0.05, 0) is 46.9 Å². The third-order valence-corrected chi connectivity index (χ3v) is 3.43. The van der Waals surface area contributed by atoms with Crippen LogP contribution in [0.3, 0.4) is 0 Å². The van der Waals surface area contributed by atoms with Crippen molar-refractivity contribution in [1.29, 1.82) is 0 Å². The predicted octanol–water partition coefficient (Wildman–Crippen LogP) is 3.74. The van der Waals surface area contributed by atoms with E-state index in [9.17, 15) is 0 Å². The van der Waals surface area contributed by atoms with E-state index in [0.717, 1.165) is 22.5 Å². The maximum Gasteiger partial charge on any atom is 0.0744 e. The number of H-pyrrole nitrogens is 1. The highest BCUT2D eigenvalue weighted by atomic mass is 127. The van der Waals surface area contributed by atoms with Crippen molar-refractivity contribution in [2.24, 2.45) is 0 Å². The summed E-state index contributed by atoms with van der Waals surface area (Å²) < 4.78 is 1.22. The van der Waals surface area contributed by atoms with Gasteiger partial charge in [0.2, 0.25) is 0 Å². The van der Waals surface area contributed by atoms with Crippen LogP contribution in [-0.2, 0) is 0 Å². The normalized spacial score (nSPS) is 10.5. The summed E-state index contributed by atoms with van der Waals surface area (Å²) in [5.41, 5.74) is 4.08. The van der Waals surface area contributed by atoms with E-state index in [1.54, 1.807) is 6.20 Å². The smallest absolute Gasteiger partial charge is 0.0744 e. The fraction of sp³-hybridized carbons (Fsp3) is 0. The van der Waals surface area contributed by atoms with Crippen molar-refractivity contribution in [2.45, 2.75) is 0 Å². The molecule has 0 fully saturated rings. The average molecular weight is 347 g/mol. The molecule has 0 amide bonds. The van der Waals surface area contributed by atoms with Crippen LogP contribution in [0, 0.1) is 3.57 Å². The number of aromatic amines is 1. The minimum Gasteiger partial charge on any atom is -0.277 e. The second-order valence-electron chi connectivity index (χ2n) is 3.88. The molecule has 2 aromatic heterocycles. The molecule has 3 nitrogen and oxygen atoms in total. The first kappa shape index (κ1) is 11.4. The van der Waals surface area contributed by atoms with Crippen molar-refractivity contribution >= 4 is 22.6 Å². The molecule has 1 aromatic carbocycles. The first-order valence-corrected chi connectivity index (χ1v) is 6.63. The summed E-state index contributed by atoms with van der Waals surface area (Å²) in [7, 11) is 0. The summed E-state index contributed by atoms with van der Waals surface area (Å²) >= 11 is 2.30. The summed E-state index contributed by atoms with van der Waals surface area (Å²) in [5.74, 6) is 0. The van der Waals surface area contributed by atoms with Gasteiger partial charge in [0.25, 0.3) is 0 Å². The van der Waals surface area contributed by atoms with Crippen molar-refractivity contribution in [3.8, 4) is 22.5 Å². The molecule has 18 heavy (non-hydrogen) atoms. The number of pyridine rings is 1. The van der Waals surface area contributed by atoms with Gasteiger partial charge in [0.05, 0.1) is 17.6 Å². The molecule has 0 saturated carbocycles. The molecule has 0 atom stereocenters. The zero-order chi connectivity index (χ0) is 12.4. The van der Waals surface area contributed by atoms with E-state index in [1.807, 2.05) is 24.4 Å². The van der Waals surface area contributed by atoms with Gasteiger partial charge in [0.15, 0.2) is 0 Å². The van der Waals surface area contributed by atoms with Gasteiger partial charge in [-0.25, -0.2) is 0 Å². The van der Waals surface area contributed by atoms with Gasteiger partial charge in [-0.3, -0.25) is 10.1 Å². The largest absolute Gasteiger partial charge is 0.277 e. The Bertz CT molecular complexity index is 644. The summed E-state index contributed by atoms with van der Waals surface area (Å²) in [6.07, 6.45) is 3.61. The van der Waals surface area contributed by atoms with Crippen LogP contribution >= 0.6 is 22.6 Å². The van der Waals surface area contributed by atoms with Crippen molar-refractivity contribution in [1.82, 2.24) is 15.2 Å². The standard InChI is InChI=1S/C14H10IN3/c15-11-6-4-10(5-7-11)14-12(9-17-18-14)13-3-1-2-8-16-13/h1-9H,(H,17,18). The first-order chi connectivity index (χ1) is 8.84. The van der Waals surface area contributed by atoms with Crippen LogP contribution in [0.2, 0.25) is 0 Å². The van der Waals surface area contributed by atoms with Gasteiger partial charge in [-0.1, -0.05) is 18.2 Å². The lowest BCUT2D eigenvalue weighted by atomic mass is 10.1. The van der Waals surface area contributed by atoms with E-state index in [1.165, 1.54) is 3.57 Å². The van der Waals surface area contributed by atoms with E-state index in [4.69, 9.17) is 0 Å². The number of nitrogens with one attached hydrogen (secondary N) is 1. The third kappa shape index (κ3) is 2.15. The molecule has 0 spiro atoms. The van der Waals surface area contributed by atoms with E-state index in [2.05, 4.69) is 62.0 Å². The first-order valence-electron chi connectivity index (χ1n) is 5.55. The van der Waals surface area contributed by atoms with Crippen LogP contribution in [0.5, 0.6) is 0 Å². The van der Waals surface area contributed by atoms with Gasteiger partial charge < -0.3 is 0 Å². The molecule has 0 bridgehead atoms. The Hall–Kier alpha value is -1.69. The highest BCUT2D eigenvalue weighted by molar-refractivity contribution is 14.1. The number of hydrogen-bond donors (Lipinski definition) is 1. The Balaban J connectivity index is 2.10. The maximum absolute atomic E-state index is 4.36. The van der Waals surface area contributed by atoms with Crippen LogP contribution in [0.1, 0.15) is 0 Å². The minimum absolute atomic E-state index is 0.930. The second-order valence-corrected chi connectivity index (χ2v) is 5.13. The van der Waals surface area contributed by atoms with E-state index >= 15 is 0 Å². The number of benzene rings is 1. The molecule has 0 radical (unpaired) electrons. The predicted molar refractivity (Wildman–Crippen MR) is 80.0 cm³/mol. The fourth-order valence-corrected chi connectivity index (χ4v) is 2.20. The van der Waals surface area contributed by atoms with Gasteiger partial charge in [-0.15, -0.1) is 0 Å². The van der Waals surface area contributed by atoms with Gasteiger partial charge >= 0.3 is 0 Å². The zero-order valence-electron chi connectivity index (χ0n) is 9.47. The molecule has 4 heteroatoms. The monoisotopic (exact) mass is 347 g/mol. The molecule has 0 saturated heterocycles. The number of hydrogen-bond acceptors (Lipinski definition) is 2. The SMILES string of the molecule is Ic1ccc(-c2[nH]ncc2-c2ccccn2)cc1. The third-order valence-electron chi connectivity index (χ3n) is 2.71. The van der Waals surface area contributed by atoms with Crippen molar-refractivity contribution < 1.29 is 0 Å². The summed E-state index contributed by atoms with van der Waals surface area (Å²) in [5, 5.41) is 7.18. The Morgan fingerprint density at radius 3 is 2.56 bits per heavy atom. The van der Waals surface area contributed by atoms with E-state index < -0.39 is 0 Å². The number of rotatable bonds is 2. The number of halogens is 1. The zero-order valence-corrected chi connectivity index (χ0v) is 11.6. The lowest BCUT2D eigenvalue weighted by Crippen LogP contribution is -1.85. The molecule has 3 aromatic rings. The van der Waals surface area contributed by atoms with Crippen LogP contribution in [0.25, 0.3) is 22.5 Å². The van der Waals surface area contributed by atoms with Crippen LogP contribution in [0.15, 0.2) is 54.9 Å². The molecular formula is C14H10IN3. The summed E-state index contributed by atoms with van der Waals surface area (Å²) in [4.78, 5) is 4.36. The summed E-state index contributed by atoms with van der Waals surface area (Å²) in [6, 6.07) is 14.2. The van der Waals surface area contributed by atoms with Gasteiger partial charge in [0.1, 0.15) is 0 Å². The molecule has 88 valence electrons. The maximum atomic E-state index is 4.36. The molecule has 0 aliphatic rings. The van der Waals surface area contributed by atoms with E-state index in [0.29, 0.717) is 0 Å². The van der Waals surface area contributed by atoms with Crippen molar-refractivity contribution in [3.05, 3.63) is 58.4 Å². The minimum atomic E-state index is 0.930. The molecular weight excluding hydrogens is 337 g/mol. The molecule has 1 N–H and O–H groups in total. The summed E-state index contributed by atoms with van der Waals surface area (Å²) in [6.45, 7) is 0. The Kier molecular flexibility index (Phi) is 3.10. The topological polar surface area (TPSA) is 41.6 Å². The Labute approximate surface area is 118 Å². The molecule has 0 aliphatic carbocycles. The quantitative estimate of drug-likeness (QED) is 0.718. The highest BCUT2D eigenvalue weighted by Crippen LogP contribution is 2.28. The van der Waals surface area contributed by atoms with Gasteiger partial charge in [0, 0.05) is 20.9 Å².